The molecule has 0 saturated carbocycles. The summed E-state index contributed by atoms with van der Waals surface area (Å²) < 4.78 is 5.40. The monoisotopic (exact) mass is 167 g/mol. The topological polar surface area (TPSA) is 61.0 Å². The van der Waals surface area contributed by atoms with E-state index in [-0.39, 0.29) is 6.10 Å². The summed E-state index contributed by atoms with van der Waals surface area (Å²) >= 11 is 0. The van der Waals surface area contributed by atoms with E-state index in [0.29, 0.717) is 11.7 Å². The van der Waals surface area contributed by atoms with Crippen molar-refractivity contribution in [2.75, 3.05) is 5.73 Å². The minimum atomic E-state index is 0.129. The van der Waals surface area contributed by atoms with Gasteiger partial charge in [0, 0.05) is 12.4 Å². The lowest BCUT2D eigenvalue weighted by molar-refractivity contribution is 0.209. The molecule has 0 fully saturated rings. The summed E-state index contributed by atoms with van der Waals surface area (Å²) in [5.74, 6) is 0.768. The Bertz CT molecular complexity index is 252. The second-order valence-electron chi connectivity index (χ2n) is 2.58. The average molecular weight is 167 g/mol. The second kappa shape index (κ2) is 3.90. The number of nitrogens with zero attached hydrogens (tertiary/aromatic N) is 2. The molecule has 4 nitrogen and oxygen atoms in total. The zero-order valence-corrected chi connectivity index (χ0v) is 7.32. The molecule has 1 unspecified atom stereocenters. The average Bonchev–Trinajstić information content (AvgIpc) is 2.09. The van der Waals surface area contributed by atoms with Crippen molar-refractivity contribution in [1.82, 2.24) is 9.97 Å². The maximum atomic E-state index is 5.52. The third-order valence-corrected chi connectivity index (χ3v) is 1.58. The highest BCUT2D eigenvalue weighted by molar-refractivity contribution is 5.38. The quantitative estimate of drug-likeness (QED) is 0.735. The Morgan fingerprint density at radius 3 is 2.75 bits per heavy atom. The Morgan fingerprint density at radius 2 is 2.17 bits per heavy atom. The maximum Gasteiger partial charge on any atom is 0.257 e. The van der Waals surface area contributed by atoms with E-state index in [0.717, 1.165) is 6.42 Å². The Hall–Kier alpha value is -1.32. The van der Waals surface area contributed by atoms with Crippen molar-refractivity contribution in [3.8, 4) is 5.88 Å². The zero-order chi connectivity index (χ0) is 8.97. The van der Waals surface area contributed by atoms with Crippen LogP contribution in [0.3, 0.4) is 0 Å². The molecule has 1 rings (SSSR count). The van der Waals surface area contributed by atoms with Crippen molar-refractivity contribution >= 4 is 5.82 Å². The van der Waals surface area contributed by atoms with Crippen molar-refractivity contribution in [3.05, 3.63) is 12.4 Å². The van der Waals surface area contributed by atoms with E-state index in [1.165, 1.54) is 0 Å². The summed E-state index contributed by atoms with van der Waals surface area (Å²) in [6.07, 6.45) is 4.16. The van der Waals surface area contributed by atoms with Crippen LogP contribution in [0.25, 0.3) is 0 Å². The lowest BCUT2D eigenvalue weighted by atomic mass is 10.3. The Labute approximate surface area is 71.8 Å². The van der Waals surface area contributed by atoms with Crippen LogP contribution in [-0.2, 0) is 0 Å². The van der Waals surface area contributed by atoms with Crippen LogP contribution in [0.4, 0.5) is 5.82 Å². The molecule has 0 spiro atoms. The van der Waals surface area contributed by atoms with Gasteiger partial charge in [0.2, 0.25) is 0 Å². The van der Waals surface area contributed by atoms with Crippen molar-refractivity contribution in [2.45, 2.75) is 26.4 Å². The normalized spacial score (nSPS) is 12.5. The summed E-state index contributed by atoms with van der Waals surface area (Å²) in [5.41, 5.74) is 5.52. The molecule has 66 valence electrons. The Balaban J connectivity index is 2.69. The van der Waals surface area contributed by atoms with Crippen molar-refractivity contribution in [3.63, 3.8) is 0 Å². The SMILES string of the molecule is CCC(C)Oc1nccnc1N. The number of hydrogen-bond acceptors (Lipinski definition) is 4. The molecule has 4 heteroatoms. The van der Waals surface area contributed by atoms with E-state index in [2.05, 4.69) is 9.97 Å². The fourth-order valence-corrected chi connectivity index (χ4v) is 0.701. The largest absolute Gasteiger partial charge is 0.472 e. The smallest absolute Gasteiger partial charge is 0.257 e. The first-order valence-corrected chi connectivity index (χ1v) is 3.97. The van der Waals surface area contributed by atoms with Crippen molar-refractivity contribution in [1.29, 1.82) is 0 Å². The number of nitrogens with two attached hydrogens (primary N) is 1. The van der Waals surface area contributed by atoms with Crippen molar-refractivity contribution < 1.29 is 4.74 Å². The van der Waals surface area contributed by atoms with Crippen LogP contribution in [0.2, 0.25) is 0 Å². The molecule has 0 aliphatic heterocycles. The van der Waals surface area contributed by atoms with E-state index >= 15 is 0 Å². The second-order valence-corrected chi connectivity index (χ2v) is 2.58. The maximum absolute atomic E-state index is 5.52. The van der Waals surface area contributed by atoms with Gasteiger partial charge in [-0.25, -0.2) is 9.97 Å². The van der Waals surface area contributed by atoms with Crippen LogP contribution in [-0.4, -0.2) is 16.1 Å². The molecular weight excluding hydrogens is 154 g/mol. The van der Waals surface area contributed by atoms with Gasteiger partial charge in [-0.3, -0.25) is 0 Å². The van der Waals surface area contributed by atoms with Crippen molar-refractivity contribution in [2.24, 2.45) is 0 Å². The van der Waals surface area contributed by atoms with Gasteiger partial charge in [-0.05, 0) is 13.3 Å². The van der Waals surface area contributed by atoms with Gasteiger partial charge in [0.15, 0.2) is 5.82 Å². The van der Waals surface area contributed by atoms with Crippen LogP contribution in [0.15, 0.2) is 12.4 Å². The van der Waals surface area contributed by atoms with Crippen LogP contribution in [0.1, 0.15) is 20.3 Å². The molecule has 0 aromatic carbocycles. The highest BCUT2D eigenvalue weighted by atomic mass is 16.5. The number of hydrogen-bond donors (Lipinski definition) is 1. The molecule has 1 atom stereocenters. The lowest BCUT2D eigenvalue weighted by Gasteiger charge is -2.11. The third-order valence-electron chi connectivity index (χ3n) is 1.58. The molecule has 1 aromatic heterocycles. The highest BCUT2D eigenvalue weighted by Gasteiger charge is 2.05. The summed E-state index contributed by atoms with van der Waals surface area (Å²) in [7, 11) is 0. The predicted octanol–water partition coefficient (Wildman–Crippen LogP) is 1.24. The number of ether oxygens (including phenoxy) is 1. The minimum absolute atomic E-state index is 0.129. The molecule has 0 amide bonds. The molecule has 1 aromatic rings. The van der Waals surface area contributed by atoms with E-state index in [9.17, 15) is 0 Å². The predicted molar refractivity (Wildman–Crippen MR) is 46.8 cm³/mol. The standard InChI is InChI=1S/C8H13N3O/c1-3-6(2)12-8-7(9)10-4-5-11-8/h4-6H,3H2,1-2H3,(H2,9,10). The van der Waals surface area contributed by atoms with Gasteiger partial charge in [-0.15, -0.1) is 0 Å². The van der Waals surface area contributed by atoms with Gasteiger partial charge in [-0.1, -0.05) is 6.92 Å². The van der Waals surface area contributed by atoms with E-state index in [1.807, 2.05) is 13.8 Å². The molecule has 1 heterocycles. The Kier molecular flexibility index (Phi) is 2.85. The number of anilines is 1. The first-order chi connectivity index (χ1) is 5.74. The van der Waals surface area contributed by atoms with Gasteiger partial charge in [0.05, 0.1) is 6.10 Å². The lowest BCUT2D eigenvalue weighted by Crippen LogP contribution is -2.12. The fraction of sp³-hybridized carbons (Fsp3) is 0.500. The summed E-state index contributed by atoms with van der Waals surface area (Å²) in [5, 5.41) is 0. The fourth-order valence-electron chi connectivity index (χ4n) is 0.701. The van der Waals surface area contributed by atoms with Gasteiger partial charge < -0.3 is 10.5 Å². The molecule has 2 N–H and O–H groups in total. The third kappa shape index (κ3) is 2.08. The van der Waals surface area contributed by atoms with Gasteiger partial charge >= 0.3 is 0 Å². The van der Waals surface area contributed by atoms with Crippen LogP contribution in [0.5, 0.6) is 5.88 Å². The molecule has 0 aliphatic rings. The molecular formula is C8H13N3O. The zero-order valence-electron chi connectivity index (χ0n) is 7.32. The molecule has 0 aliphatic carbocycles. The number of rotatable bonds is 3. The van der Waals surface area contributed by atoms with Crippen LogP contribution in [0, 0.1) is 0 Å². The summed E-state index contributed by atoms with van der Waals surface area (Å²) in [6, 6.07) is 0. The molecule has 12 heavy (non-hydrogen) atoms. The number of nitrogen functional groups attached to an aromatic ring is 1. The first-order valence-electron chi connectivity index (χ1n) is 3.97. The molecule has 0 bridgehead atoms. The van der Waals surface area contributed by atoms with Gasteiger partial charge in [-0.2, -0.15) is 0 Å². The number of aromatic nitrogens is 2. The van der Waals surface area contributed by atoms with Gasteiger partial charge in [0.1, 0.15) is 0 Å². The highest BCUT2D eigenvalue weighted by Crippen LogP contribution is 2.15. The molecule has 0 radical (unpaired) electrons. The van der Waals surface area contributed by atoms with Crippen LogP contribution < -0.4 is 10.5 Å². The summed E-state index contributed by atoms with van der Waals surface area (Å²) in [4.78, 5) is 7.81. The van der Waals surface area contributed by atoms with E-state index in [1.54, 1.807) is 12.4 Å². The van der Waals surface area contributed by atoms with E-state index in [4.69, 9.17) is 10.5 Å². The summed E-state index contributed by atoms with van der Waals surface area (Å²) in [6.45, 7) is 4.01. The minimum Gasteiger partial charge on any atom is -0.472 e. The Morgan fingerprint density at radius 1 is 1.50 bits per heavy atom. The van der Waals surface area contributed by atoms with Gasteiger partial charge in [0.25, 0.3) is 5.88 Å². The first kappa shape index (κ1) is 8.77. The molecule has 0 saturated heterocycles. The van der Waals surface area contributed by atoms with Crippen LogP contribution >= 0.6 is 0 Å². The van der Waals surface area contributed by atoms with E-state index < -0.39 is 0 Å².